The van der Waals surface area contributed by atoms with Crippen molar-refractivity contribution in [3.05, 3.63) is 49.1 Å². The molecule has 7 heteroatoms. The molecule has 106 valence electrons. The summed E-state index contributed by atoms with van der Waals surface area (Å²) in [5.74, 6) is 0. The molecule has 0 bridgehead atoms. The summed E-state index contributed by atoms with van der Waals surface area (Å²) in [5, 5.41) is 0. The van der Waals surface area contributed by atoms with Crippen LogP contribution in [-0.4, -0.2) is 35.2 Å². The molecule has 0 spiro atoms. The number of hydrogen-bond donors (Lipinski definition) is 0. The zero-order valence-electron chi connectivity index (χ0n) is 12.4. The van der Waals surface area contributed by atoms with Crippen molar-refractivity contribution < 1.29 is 12.3 Å². The van der Waals surface area contributed by atoms with Crippen molar-refractivity contribution in [1.29, 1.82) is 0 Å². The minimum absolute atomic E-state index is 0.405. The van der Waals surface area contributed by atoms with Crippen LogP contribution in [0, 0.1) is 0 Å². The van der Waals surface area contributed by atoms with Gasteiger partial charge >= 0.3 is 17.1 Å². The fourth-order valence-corrected chi connectivity index (χ4v) is 13.5. The maximum absolute atomic E-state index is 6.25. The van der Waals surface area contributed by atoms with Gasteiger partial charge in [0.2, 0.25) is 9.76 Å². The van der Waals surface area contributed by atoms with Crippen LogP contribution >= 0.6 is 0 Å². The largest absolute Gasteiger partial charge is 0.437 e. The van der Waals surface area contributed by atoms with Gasteiger partial charge < -0.3 is 12.3 Å². The van der Waals surface area contributed by atoms with Crippen LogP contribution in [0.2, 0.25) is 26.2 Å². The molecule has 1 unspecified atom stereocenters. The predicted molar refractivity (Wildman–Crippen MR) is 90.5 cm³/mol. The molecule has 19 heavy (non-hydrogen) atoms. The third kappa shape index (κ3) is 5.69. The average molecular weight is 329 g/mol. The molecular weight excluding hydrogens is 304 g/mol. The van der Waals surface area contributed by atoms with Crippen LogP contribution in [0.25, 0.3) is 0 Å². The second-order valence-corrected chi connectivity index (χ2v) is 15.6. The lowest BCUT2D eigenvalue weighted by molar-refractivity contribution is 0.347. The van der Waals surface area contributed by atoms with Gasteiger partial charge in [-0.1, -0.05) is 22.8 Å². The van der Waals surface area contributed by atoms with Gasteiger partial charge in [-0.3, -0.25) is 0 Å². The van der Waals surface area contributed by atoms with E-state index in [4.69, 9.17) is 12.3 Å². The summed E-state index contributed by atoms with van der Waals surface area (Å²) in [6.07, 6.45) is 0. The fraction of sp³-hybridized carbons (Fsp3) is 0.333. The highest BCUT2D eigenvalue weighted by atomic mass is 28.5. The third-order valence-electron chi connectivity index (χ3n) is 2.50. The Bertz CT molecular complexity index is 335. The molecule has 0 aromatic heterocycles. The van der Waals surface area contributed by atoms with Crippen molar-refractivity contribution in [3.63, 3.8) is 0 Å². The Kier molecular flexibility index (Phi) is 7.36. The quantitative estimate of drug-likeness (QED) is 0.576. The molecule has 0 saturated carbocycles. The molecule has 0 heterocycles. The molecule has 1 atom stereocenters. The molecule has 0 saturated heterocycles. The van der Waals surface area contributed by atoms with Gasteiger partial charge in [-0.25, -0.2) is 0 Å². The van der Waals surface area contributed by atoms with E-state index in [1.165, 1.54) is 0 Å². The van der Waals surface area contributed by atoms with E-state index >= 15 is 0 Å². The van der Waals surface area contributed by atoms with E-state index < -0.39 is 25.4 Å². The molecule has 0 N–H and O–H groups in total. The lowest BCUT2D eigenvalue weighted by atomic mass is 11.2. The SMILES string of the molecule is C=C[Si](C=C)(C=C)O[Si](C)(C=C)O[Si](C)(C)O[Si]C. The second kappa shape index (κ2) is 7.48. The van der Waals surface area contributed by atoms with E-state index in [0.717, 1.165) is 0 Å². The maximum atomic E-state index is 6.25. The van der Waals surface area contributed by atoms with Crippen LogP contribution in [0.1, 0.15) is 0 Å². The van der Waals surface area contributed by atoms with E-state index in [-0.39, 0.29) is 0 Å². The topological polar surface area (TPSA) is 27.7 Å². The normalized spacial score (nSPS) is 15.4. The van der Waals surface area contributed by atoms with Crippen LogP contribution in [0.5, 0.6) is 0 Å². The van der Waals surface area contributed by atoms with Gasteiger partial charge in [-0.2, -0.15) is 0 Å². The van der Waals surface area contributed by atoms with Crippen molar-refractivity contribution in [2.75, 3.05) is 0 Å². The van der Waals surface area contributed by atoms with E-state index in [1.54, 1.807) is 22.8 Å². The maximum Gasteiger partial charge on any atom is 0.342 e. The number of rotatable bonds is 10. The fourth-order valence-electron chi connectivity index (χ4n) is 1.58. The molecule has 0 aromatic rings. The van der Waals surface area contributed by atoms with E-state index in [2.05, 4.69) is 26.3 Å². The molecule has 3 nitrogen and oxygen atoms in total. The summed E-state index contributed by atoms with van der Waals surface area (Å²) in [7, 11) is -6.71. The summed E-state index contributed by atoms with van der Waals surface area (Å²) in [4.78, 5) is 0. The lowest BCUT2D eigenvalue weighted by Crippen LogP contribution is -2.55. The highest BCUT2D eigenvalue weighted by Crippen LogP contribution is 2.23. The monoisotopic (exact) mass is 328 g/mol. The van der Waals surface area contributed by atoms with Gasteiger partial charge in [0.1, 0.15) is 0 Å². The second-order valence-electron chi connectivity index (χ2n) is 4.60. The van der Waals surface area contributed by atoms with Crippen molar-refractivity contribution in [2.24, 2.45) is 0 Å². The molecule has 2 radical (unpaired) electrons. The molecule has 0 fully saturated rings. The summed E-state index contributed by atoms with van der Waals surface area (Å²) in [6.45, 7) is 23.4. The Labute approximate surface area is 123 Å². The average Bonchev–Trinajstić information content (AvgIpc) is 2.35. The molecule has 0 aromatic carbocycles. The van der Waals surface area contributed by atoms with Crippen molar-refractivity contribution in [1.82, 2.24) is 0 Å². The summed E-state index contributed by atoms with van der Waals surface area (Å²) >= 11 is 0. The highest BCUT2D eigenvalue weighted by Gasteiger charge is 2.42. The molecule has 0 rings (SSSR count). The first kappa shape index (κ1) is 18.7. The molecule has 0 aliphatic carbocycles. The van der Waals surface area contributed by atoms with Crippen molar-refractivity contribution in [2.45, 2.75) is 26.2 Å². The van der Waals surface area contributed by atoms with Crippen LogP contribution in [0.4, 0.5) is 0 Å². The minimum atomic E-state index is -2.54. The Morgan fingerprint density at radius 3 is 1.63 bits per heavy atom. The first-order valence-electron chi connectivity index (χ1n) is 6.01. The first-order chi connectivity index (χ1) is 8.72. The summed E-state index contributed by atoms with van der Waals surface area (Å²) in [5.41, 5.74) is 7.16. The molecule has 0 aliphatic heterocycles. The smallest absolute Gasteiger partial charge is 0.342 e. The zero-order chi connectivity index (χ0) is 15.2. The van der Waals surface area contributed by atoms with Gasteiger partial charge in [0.15, 0.2) is 0 Å². The zero-order valence-corrected chi connectivity index (χ0v) is 16.4. The summed E-state index contributed by atoms with van der Waals surface area (Å²) < 4.78 is 18.2. The Hall–Kier alpha value is -0.292. The van der Waals surface area contributed by atoms with Gasteiger partial charge in [0, 0.05) is 0 Å². The van der Waals surface area contributed by atoms with E-state index in [9.17, 15) is 0 Å². The van der Waals surface area contributed by atoms with Crippen molar-refractivity contribution in [3.8, 4) is 0 Å². The van der Waals surface area contributed by atoms with Gasteiger partial charge in [0.05, 0.1) is 0 Å². The van der Waals surface area contributed by atoms with Crippen LogP contribution < -0.4 is 0 Å². The Balaban J connectivity index is 5.17. The van der Waals surface area contributed by atoms with Gasteiger partial charge in [-0.05, 0) is 26.2 Å². The predicted octanol–water partition coefficient (Wildman–Crippen LogP) is 3.32. The molecule has 0 aliphatic rings. The first-order valence-corrected chi connectivity index (χ1v) is 14.8. The van der Waals surface area contributed by atoms with Crippen LogP contribution in [0.15, 0.2) is 49.1 Å². The third-order valence-corrected chi connectivity index (χ3v) is 14.6. The van der Waals surface area contributed by atoms with E-state index in [1.807, 2.05) is 26.2 Å². The van der Waals surface area contributed by atoms with Gasteiger partial charge in [-0.15, -0.1) is 26.3 Å². The standard InChI is InChI=1S/C12H24O3Si4/c1-9-18(8,14-17(6,7)13-16-5)15-19(10-2,11-3)12-4/h9-12H,1-4H2,5-8H3. The lowest BCUT2D eigenvalue weighted by Gasteiger charge is -2.37. The highest BCUT2D eigenvalue weighted by molar-refractivity contribution is 6.96. The molecular formula is C12H24O3Si4. The minimum Gasteiger partial charge on any atom is -0.437 e. The summed E-state index contributed by atoms with van der Waals surface area (Å²) in [6, 6.07) is 0. The molecule has 0 amide bonds. The Morgan fingerprint density at radius 2 is 1.32 bits per heavy atom. The van der Waals surface area contributed by atoms with E-state index in [0.29, 0.717) is 9.76 Å². The van der Waals surface area contributed by atoms with Crippen molar-refractivity contribution >= 4 is 35.2 Å². The van der Waals surface area contributed by atoms with Crippen LogP contribution in [0.3, 0.4) is 0 Å². The Morgan fingerprint density at radius 1 is 0.842 bits per heavy atom. The van der Waals surface area contributed by atoms with Gasteiger partial charge in [0.25, 0.3) is 8.32 Å². The van der Waals surface area contributed by atoms with Crippen LogP contribution in [-0.2, 0) is 12.3 Å². The number of hydrogen-bond acceptors (Lipinski definition) is 3.